The average molecular weight is 521 g/mol. The van der Waals surface area contributed by atoms with Crippen molar-refractivity contribution in [2.45, 2.75) is 25.5 Å². The molecule has 0 aromatic heterocycles. The number of quaternary nitrogens is 1. The second-order valence-electron chi connectivity index (χ2n) is 10.2. The first kappa shape index (κ1) is 25.9. The lowest BCUT2D eigenvalue weighted by atomic mass is 9.83. The van der Waals surface area contributed by atoms with Crippen LogP contribution in [0, 0.1) is 17.6 Å². The van der Waals surface area contributed by atoms with Crippen LogP contribution >= 0.6 is 0 Å². The van der Waals surface area contributed by atoms with E-state index in [4.69, 9.17) is 4.74 Å². The van der Waals surface area contributed by atoms with Gasteiger partial charge in [-0.05, 0) is 42.0 Å². The lowest BCUT2D eigenvalue weighted by Crippen LogP contribution is -2.66. The molecule has 6 rings (SSSR count). The number of carbonyl (C=O) groups excluding carboxylic acids is 2. The summed E-state index contributed by atoms with van der Waals surface area (Å²) in [5.74, 6) is -0.751. The molecule has 198 valence electrons. The Kier molecular flexibility index (Phi) is 7.69. The SMILES string of the molecule is O=C(NCC[N+]12CCC(CC1)[C@@H](OC(=O)N(Cc1ccc(F)cc1)c1ccccc1F)C2)c1ccccc1. The fourth-order valence-electron chi connectivity index (χ4n) is 5.65. The molecule has 6 nitrogen and oxygen atoms in total. The van der Waals surface area contributed by atoms with E-state index in [9.17, 15) is 18.4 Å². The number of nitrogens with one attached hydrogen (secondary N) is 1. The number of rotatable bonds is 8. The maximum absolute atomic E-state index is 14.7. The van der Waals surface area contributed by atoms with Gasteiger partial charge in [-0.1, -0.05) is 42.5 Å². The number of nitrogens with zero attached hydrogens (tertiary/aromatic N) is 2. The fraction of sp³-hybridized carbons (Fsp3) is 0.333. The third-order valence-electron chi connectivity index (χ3n) is 7.82. The zero-order valence-corrected chi connectivity index (χ0v) is 21.2. The highest BCUT2D eigenvalue weighted by Gasteiger charge is 2.47. The van der Waals surface area contributed by atoms with Crippen molar-refractivity contribution in [1.29, 1.82) is 0 Å². The van der Waals surface area contributed by atoms with Crippen LogP contribution in [0.3, 0.4) is 0 Å². The number of halogens is 2. The normalized spacial score (nSPS) is 22.1. The second-order valence-corrected chi connectivity index (χ2v) is 10.2. The van der Waals surface area contributed by atoms with Crippen molar-refractivity contribution in [3.05, 3.63) is 102 Å². The Hall–Kier alpha value is -3.78. The number of fused-ring (bicyclic) bond motifs is 3. The Labute approximate surface area is 221 Å². The summed E-state index contributed by atoms with van der Waals surface area (Å²) in [6.07, 6.45) is 0.954. The van der Waals surface area contributed by atoms with Gasteiger partial charge in [-0.15, -0.1) is 0 Å². The van der Waals surface area contributed by atoms with Crippen LogP contribution in [-0.2, 0) is 11.3 Å². The van der Waals surface area contributed by atoms with E-state index in [1.165, 1.54) is 23.1 Å². The van der Waals surface area contributed by atoms with Gasteiger partial charge in [0.2, 0.25) is 0 Å². The van der Waals surface area contributed by atoms with Crippen LogP contribution in [-0.4, -0.2) is 55.3 Å². The number of benzene rings is 3. The first-order chi connectivity index (χ1) is 18.4. The summed E-state index contributed by atoms with van der Waals surface area (Å²) in [6.45, 7) is 3.97. The van der Waals surface area contributed by atoms with Crippen molar-refractivity contribution in [1.82, 2.24) is 5.32 Å². The van der Waals surface area contributed by atoms with Crippen LogP contribution in [0.1, 0.15) is 28.8 Å². The number of hydrogen-bond acceptors (Lipinski definition) is 3. The van der Waals surface area contributed by atoms with Crippen molar-refractivity contribution < 1.29 is 27.6 Å². The Morgan fingerprint density at radius 1 is 0.921 bits per heavy atom. The van der Waals surface area contributed by atoms with Crippen LogP contribution in [0.2, 0.25) is 0 Å². The minimum Gasteiger partial charge on any atom is -0.440 e. The molecule has 2 amide bonds. The highest BCUT2D eigenvalue weighted by atomic mass is 19.1. The second kappa shape index (κ2) is 11.3. The molecule has 0 aliphatic carbocycles. The fourth-order valence-corrected chi connectivity index (χ4v) is 5.65. The third kappa shape index (κ3) is 5.86. The zero-order valence-electron chi connectivity index (χ0n) is 21.2. The van der Waals surface area contributed by atoms with Gasteiger partial charge in [0.15, 0.2) is 6.10 Å². The van der Waals surface area contributed by atoms with Gasteiger partial charge in [0, 0.05) is 24.3 Å². The molecular weight excluding hydrogens is 488 g/mol. The molecule has 8 heteroatoms. The van der Waals surface area contributed by atoms with E-state index >= 15 is 0 Å². The molecule has 0 unspecified atom stereocenters. The molecule has 0 radical (unpaired) electrons. The summed E-state index contributed by atoms with van der Waals surface area (Å²) >= 11 is 0. The van der Waals surface area contributed by atoms with Crippen molar-refractivity contribution in [3.63, 3.8) is 0 Å². The van der Waals surface area contributed by atoms with E-state index in [1.807, 2.05) is 18.2 Å². The summed E-state index contributed by atoms with van der Waals surface area (Å²) < 4.78 is 35.0. The number of anilines is 1. The minimum atomic E-state index is -0.617. The Morgan fingerprint density at radius 3 is 2.32 bits per heavy atom. The number of carbonyl (C=O) groups is 2. The lowest BCUT2D eigenvalue weighted by molar-refractivity contribution is -0.945. The van der Waals surface area contributed by atoms with Crippen LogP contribution < -0.4 is 10.2 Å². The smallest absolute Gasteiger partial charge is 0.415 e. The standard InChI is InChI=1S/C30H31F2N3O3/c31-25-12-10-22(11-13-25)20-34(27-9-5-4-8-26(27)32)30(37)38-28-21-35(17-14-23(28)15-18-35)19-16-33-29(36)24-6-2-1-3-7-24/h1-13,23,28H,14-21H2/p+1/t23?,28-,35?/m0/s1. The van der Waals surface area contributed by atoms with Crippen molar-refractivity contribution >= 4 is 17.7 Å². The molecule has 0 spiro atoms. The van der Waals surface area contributed by atoms with Crippen LogP contribution in [0.25, 0.3) is 0 Å². The summed E-state index contributed by atoms with van der Waals surface area (Å²) in [5, 5.41) is 3.02. The van der Waals surface area contributed by atoms with Gasteiger partial charge in [0.1, 0.15) is 18.2 Å². The third-order valence-corrected chi connectivity index (χ3v) is 7.82. The van der Waals surface area contributed by atoms with E-state index in [0.717, 1.165) is 37.0 Å². The van der Waals surface area contributed by atoms with Gasteiger partial charge in [0.05, 0.1) is 38.4 Å². The predicted octanol–water partition coefficient (Wildman–Crippen LogP) is 5.15. The molecule has 1 atom stereocenters. The topological polar surface area (TPSA) is 58.6 Å². The van der Waals surface area contributed by atoms with Crippen molar-refractivity contribution in [3.8, 4) is 0 Å². The van der Waals surface area contributed by atoms with Gasteiger partial charge < -0.3 is 14.5 Å². The quantitative estimate of drug-likeness (QED) is 0.418. The Bertz CT molecular complexity index is 1260. The summed E-state index contributed by atoms with van der Waals surface area (Å²) in [7, 11) is 0. The van der Waals surface area contributed by atoms with Gasteiger partial charge in [0.25, 0.3) is 5.91 Å². The van der Waals surface area contributed by atoms with E-state index in [2.05, 4.69) is 5.32 Å². The largest absolute Gasteiger partial charge is 0.440 e. The van der Waals surface area contributed by atoms with Crippen LogP contribution in [0.5, 0.6) is 0 Å². The number of amides is 2. The number of ether oxygens (including phenoxy) is 1. The lowest BCUT2D eigenvalue weighted by Gasteiger charge is -2.52. The first-order valence-corrected chi connectivity index (χ1v) is 13.1. The van der Waals surface area contributed by atoms with E-state index in [-0.39, 0.29) is 36.0 Å². The van der Waals surface area contributed by atoms with E-state index < -0.39 is 11.9 Å². The van der Waals surface area contributed by atoms with E-state index in [1.54, 1.807) is 42.5 Å². The average Bonchev–Trinajstić information content (AvgIpc) is 2.94. The van der Waals surface area contributed by atoms with Crippen LogP contribution in [0.15, 0.2) is 78.9 Å². The van der Waals surface area contributed by atoms with Crippen LogP contribution in [0.4, 0.5) is 19.3 Å². The molecule has 3 saturated heterocycles. The molecule has 0 saturated carbocycles. The number of hydrogen-bond donors (Lipinski definition) is 1. The Morgan fingerprint density at radius 2 is 1.61 bits per heavy atom. The van der Waals surface area contributed by atoms with Crippen molar-refractivity contribution in [2.24, 2.45) is 5.92 Å². The number of piperidine rings is 3. The highest BCUT2D eigenvalue weighted by molar-refractivity contribution is 5.94. The molecule has 1 N–H and O–H groups in total. The van der Waals surface area contributed by atoms with Gasteiger partial charge in [-0.2, -0.15) is 0 Å². The molecular formula is C30H32F2N3O3+. The molecule has 38 heavy (non-hydrogen) atoms. The molecule has 3 heterocycles. The maximum Gasteiger partial charge on any atom is 0.415 e. The number of para-hydroxylation sites is 1. The molecule has 3 aliphatic heterocycles. The van der Waals surface area contributed by atoms with Gasteiger partial charge in [-0.3, -0.25) is 9.69 Å². The summed E-state index contributed by atoms with van der Waals surface area (Å²) in [5.41, 5.74) is 1.42. The first-order valence-electron chi connectivity index (χ1n) is 13.1. The molecule has 3 aromatic rings. The highest BCUT2D eigenvalue weighted by Crippen LogP contribution is 2.36. The monoisotopic (exact) mass is 520 g/mol. The van der Waals surface area contributed by atoms with Crippen molar-refractivity contribution in [2.75, 3.05) is 37.6 Å². The minimum absolute atomic E-state index is 0.0585. The molecule has 3 aromatic carbocycles. The molecule has 3 fully saturated rings. The molecule has 3 aliphatic rings. The predicted molar refractivity (Wildman–Crippen MR) is 140 cm³/mol. The zero-order chi connectivity index (χ0) is 26.5. The van der Waals surface area contributed by atoms with Gasteiger partial charge >= 0.3 is 6.09 Å². The Balaban J connectivity index is 1.25. The summed E-state index contributed by atoms with van der Waals surface area (Å²) in [4.78, 5) is 27.2. The maximum atomic E-state index is 14.7. The summed E-state index contributed by atoms with van der Waals surface area (Å²) in [6, 6.07) is 21.0. The van der Waals surface area contributed by atoms with Gasteiger partial charge in [-0.25, -0.2) is 13.6 Å². The van der Waals surface area contributed by atoms with E-state index in [0.29, 0.717) is 24.2 Å². The molecule has 2 bridgehead atoms.